The lowest BCUT2D eigenvalue weighted by Crippen LogP contribution is -2.19. The molecule has 1 N–H and O–H groups in total. The summed E-state index contributed by atoms with van der Waals surface area (Å²) < 4.78 is 0. The fraction of sp³-hybridized carbons (Fsp3) is 1.00. The Kier molecular flexibility index (Phi) is 3.16. The molecule has 2 heteroatoms. The zero-order chi connectivity index (χ0) is 7.40. The minimum Gasteiger partial charge on any atom is -0.396 e. The van der Waals surface area contributed by atoms with Crippen LogP contribution in [0.15, 0.2) is 0 Å². The third kappa shape index (κ3) is 1.96. The van der Waals surface area contributed by atoms with Crippen LogP contribution in [0, 0.1) is 5.92 Å². The van der Waals surface area contributed by atoms with Gasteiger partial charge in [-0.15, -0.1) is 0 Å². The molecule has 1 heterocycles. The van der Waals surface area contributed by atoms with Gasteiger partial charge in [0.15, 0.2) is 0 Å². The SMILES string of the molecule is CCN1CCC(CCO)C1. The molecule has 1 fully saturated rings. The molecule has 2 nitrogen and oxygen atoms in total. The van der Waals surface area contributed by atoms with Crippen molar-refractivity contribution < 1.29 is 5.11 Å². The third-order valence-electron chi connectivity index (χ3n) is 2.35. The van der Waals surface area contributed by atoms with Gasteiger partial charge in [-0.2, -0.15) is 0 Å². The molecule has 0 radical (unpaired) electrons. The maximum atomic E-state index is 8.67. The van der Waals surface area contributed by atoms with Crippen molar-refractivity contribution in [3.05, 3.63) is 0 Å². The van der Waals surface area contributed by atoms with Crippen molar-refractivity contribution in [1.82, 2.24) is 4.90 Å². The van der Waals surface area contributed by atoms with E-state index in [1.165, 1.54) is 26.1 Å². The lowest BCUT2D eigenvalue weighted by molar-refractivity contribution is 0.253. The predicted molar refractivity (Wildman–Crippen MR) is 41.9 cm³/mol. The van der Waals surface area contributed by atoms with Crippen molar-refractivity contribution >= 4 is 0 Å². The Labute approximate surface area is 62.8 Å². The van der Waals surface area contributed by atoms with Crippen LogP contribution in [-0.4, -0.2) is 36.2 Å². The fourth-order valence-electron chi connectivity index (χ4n) is 1.62. The lowest BCUT2D eigenvalue weighted by atomic mass is 10.1. The first kappa shape index (κ1) is 8.02. The summed E-state index contributed by atoms with van der Waals surface area (Å²) in [4.78, 5) is 2.44. The van der Waals surface area contributed by atoms with E-state index in [2.05, 4.69) is 11.8 Å². The Morgan fingerprint density at radius 3 is 2.90 bits per heavy atom. The van der Waals surface area contributed by atoms with Crippen LogP contribution in [-0.2, 0) is 0 Å². The van der Waals surface area contributed by atoms with Gasteiger partial charge in [-0.25, -0.2) is 0 Å². The maximum absolute atomic E-state index is 8.67. The quantitative estimate of drug-likeness (QED) is 0.629. The topological polar surface area (TPSA) is 23.5 Å². The van der Waals surface area contributed by atoms with Crippen molar-refractivity contribution in [2.24, 2.45) is 5.92 Å². The Hall–Kier alpha value is -0.0800. The van der Waals surface area contributed by atoms with Gasteiger partial charge in [0.1, 0.15) is 0 Å². The van der Waals surface area contributed by atoms with E-state index in [0.717, 1.165) is 12.3 Å². The fourth-order valence-corrected chi connectivity index (χ4v) is 1.62. The molecular formula is C8H17NO. The van der Waals surface area contributed by atoms with Gasteiger partial charge in [-0.1, -0.05) is 6.92 Å². The summed E-state index contributed by atoms with van der Waals surface area (Å²) in [5, 5.41) is 8.67. The van der Waals surface area contributed by atoms with Gasteiger partial charge in [0.25, 0.3) is 0 Å². The second-order valence-corrected chi connectivity index (χ2v) is 3.06. The number of aliphatic hydroxyl groups is 1. The van der Waals surface area contributed by atoms with Gasteiger partial charge in [0.2, 0.25) is 0 Å². The molecule has 1 rings (SSSR count). The molecule has 1 saturated heterocycles. The summed E-state index contributed by atoms with van der Waals surface area (Å²) in [7, 11) is 0. The molecule has 0 bridgehead atoms. The molecule has 1 atom stereocenters. The Morgan fingerprint density at radius 2 is 2.40 bits per heavy atom. The van der Waals surface area contributed by atoms with E-state index in [1.807, 2.05) is 0 Å². The number of likely N-dealkylation sites (tertiary alicyclic amines) is 1. The number of hydrogen-bond donors (Lipinski definition) is 1. The molecule has 1 aliphatic rings. The van der Waals surface area contributed by atoms with Crippen LogP contribution in [0.1, 0.15) is 19.8 Å². The van der Waals surface area contributed by atoms with Gasteiger partial charge < -0.3 is 10.0 Å². The van der Waals surface area contributed by atoms with Crippen molar-refractivity contribution in [2.45, 2.75) is 19.8 Å². The Morgan fingerprint density at radius 1 is 1.60 bits per heavy atom. The normalized spacial score (nSPS) is 27.6. The summed E-state index contributed by atoms with van der Waals surface area (Å²) in [5.74, 6) is 0.768. The molecule has 0 saturated carbocycles. The summed E-state index contributed by atoms with van der Waals surface area (Å²) in [5.41, 5.74) is 0. The average molecular weight is 143 g/mol. The minimum absolute atomic E-state index is 0.363. The molecule has 0 aliphatic carbocycles. The van der Waals surface area contributed by atoms with E-state index >= 15 is 0 Å². The van der Waals surface area contributed by atoms with Crippen molar-refractivity contribution in [2.75, 3.05) is 26.2 Å². The molecule has 1 aliphatic heterocycles. The largest absolute Gasteiger partial charge is 0.396 e. The molecule has 60 valence electrons. The van der Waals surface area contributed by atoms with Gasteiger partial charge in [-0.05, 0) is 31.8 Å². The number of hydrogen-bond acceptors (Lipinski definition) is 2. The van der Waals surface area contributed by atoms with Crippen molar-refractivity contribution in [3.8, 4) is 0 Å². The van der Waals surface area contributed by atoms with Gasteiger partial charge >= 0.3 is 0 Å². The highest BCUT2D eigenvalue weighted by molar-refractivity contribution is 4.73. The summed E-state index contributed by atoms with van der Waals surface area (Å²) in [6.07, 6.45) is 2.28. The smallest absolute Gasteiger partial charge is 0.0434 e. The first-order valence-electron chi connectivity index (χ1n) is 4.20. The van der Waals surface area contributed by atoms with Crippen LogP contribution in [0.5, 0.6) is 0 Å². The molecule has 0 aromatic carbocycles. The second kappa shape index (κ2) is 3.94. The summed E-state index contributed by atoms with van der Waals surface area (Å²) in [6.45, 7) is 6.17. The monoisotopic (exact) mass is 143 g/mol. The highest BCUT2D eigenvalue weighted by atomic mass is 16.3. The molecule has 0 aromatic heterocycles. The first-order valence-corrected chi connectivity index (χ1v) is 4.20. The predicted octanol–water partition coefficient (Wildman–Crippen LogP) is 0.711. The highest BCUT2D eigenvalue weighted by Gasteiger charge is 2.19. The van der Waals surface area contributed by atoms with Gasteiger partial charge in [0, 0.05) is 13.2 Å². The van der Waals surface area contributed by atoms with Crippen LogP contribution in [0.25, 0.3) is 0 Å². The van der Waals surface area contributed by atoms with E-state index < -0.39 is 0 Å². The van der Waals surface area contributed by atoms with Gasteiger partial charge in [-0.3, -0.25) is 0 Å². The van der Waals surface area contributed by atoms with Crippen molar-refractivity contribution in [3.63, 3.8) is 0 Å². The third-order valence-corrected chi connectivity index (χ3v) is 2.35. The maximum Gasteiger partial charge on any atom is 0.0434 e. The van der Waals surface area contributed by atoms with Crippen molar-refractivity contribution in [1.29, 1.82) is 0 Å². The van der Waals surface area contributed by atoms with E-state index in [-0.39, 0.29) is 0 Å². The average Bonchev–Trinajstić information content (AvgIpc) is 2.37. The standard InChI is InChI=1S/C8H17NO/c1-2-9-5-3-8(7-9)4-6-10/h8,10H,2-7H2,1H3. The molecule has 1 unspecified atom stereocenters. The summed E-state index contributed by atoms with van der Waals surface area (Å²) >= 11 is 0. The molecule has 10 heavy (non-hydrogen) atoms. The van der Waals surface area contributed by atoms with Gasteiger partial charge in [0.05, 0.1) is 0 Å². The van der Waals surface area contributed by atoms with E-state index in [4.69, 9.17) is 5.11 Å². The Bertz CT molecular complexity index is 95.3. The first-order chi connectivity index (χ1) is 4.86. The van der Waals surface area contributed by atoms with Crippen LogP contribution >= 0.6 is 0 Å². The van der Waals surface area contributed by atoms with Crippen LogP contribution in [0.3, 0.4) is 0 Å². The zero-order valence-corrected chi connectivity index (χ0v) is 6.71. The van der Waals surface area contributed by atoms with Crippen LogP contribution in [0.4, 0.5) is 0 Å². The second-order valence-electron chi connectivity index (χ2n) is 3.06. The molecule has 0 aromatic rings. The molecule has 0 spiro atoms. The zero-order valence-electron chi connectivity index (χ0n) is 6.71. The lowest BCUT2D eigenvalue weighted by Gasteiger charge is -2.11. The minimum atomic E-state index is 0.363. The number of nitrogens with zero attached hydrogens (tertiary/aromatic N) is 1. The van der Waals surface area contributed by atoms with E-state index in [1.54, 1.807) is 0 Å². The Balaban J connectivity index is 2.15. The van der Waals surface area contributed by atoms with Crippen LogP contribution in [0.2, 0.25) is 0 Å². The number of aliphatic hydroxyl groups excluding tert-OH is 1. The summed E-state index contributed by atoms with van der Waals surface area (Å²) in [6, 6.07) is 0. The highest BCUT2D eigenvalue weighted by Crippen LogP contribution is 2.17. The number of rotatable bonds is 3. The van der Waals surface area contributed by atoms with E-state index in [9.17, 15) is 0 Å². The molecule has 0 amide bonds. The molecular weight excluding hydrogens is 126 g/mol. The van der Waals surface area contributed by atoms with Crippen LogP contribution < -0.4 is 0 Å². The van der Waals surface area contributed by atoms with E-state index in [0.29, 0.717) is 6.61 Å².